The molecule has 0 saturated carbocycles. The molecule has 0 amide bonds. The number of hydrogen-bond acceptors (Lipinski definition) is 8. The number of benzene rings is 1. The van der Waals surface area contributed by atoms with E-state index in [0.29, 0.717) is 23.1 Å². The van der Waals surface area contributed by atoms with Crippen molar-refractivity contribution in [3.63, 3.8) is 0 Å². The summed E-state index contributed by atoms with van der Waals surface area (Å²) >= 11 is 0. The van der Waals surface area contributed by atoms with Crippen molar-refractivity contribution in [3.8, 4) is 28.1 Å². The Kier molecular flexibility index (Phi) is 4.82. The molecule has 2 saturated heterocycles. The van der Waals surface area contributed by atoms with Crippen LogP contribution in [0.15, 0.2) is 36.8 Å². The molecule has 150 valence electrons. The maximum Gasteiger partial charge on any atom is 0.245 e. The quantitative estimate of drug-likeness (QED) is 0.581. The molecular formula is C20H23N7O2. The second-order valence-corrected chi connectivity index (χ2v) is 7.52. The molecule has 0 aliphatic carbocycles. The Morgan fingerprint density at radius 2 is 2.14 bits per heavy atom. The summed E-state index contributed by atoms with van der Waals surface area (Å²) in [7, 11) is 0. The first-order chi connectivity index (χ1) is 14.3. The Morgan fingerprint density at radius 1 is 1.21 bits per heavy atom. The number of rotatable bonds is 6. The molecule has 3 N–H and O–H groups in total. The van der Waals surface area contributed by atoms with Crippen molar-refractivity contribution < 1.29 is 9.84 Å². The number of aromatic hydroxyl groups is 1. The lowest BCUT2D eigenvalue weighted by atomic mass is 10.0. The number of H-pyrrole nitrogens is 1. The number of phenolic OH excluding ortho intramolecular Hbond substituents is 1. The molecule has 0 bridgehead atoms. The molecule has 2 unspecified atom stereocenters. The number of anilines is 1. The van der Waals surface area contributed by atoms with Crippen molar-refractivity contribution in [2.75, 3.05) is 31.1 Å². The highest BCUT2D eigenvalue weighted by Crippen LogP contribution is 2.32. The molecule has 2 fully saturated rings. The standard InChI is InChI=1S/C20H23N7O2/c28-18-7-14(15-9-23-24-10-15)1-2-16(18)17-11-22-20(26-25-17)27-5-3-13(12-27)8-21-19-4-6-29-19/h1-2,7,9-11,13,19,21,28H,3-6,8,12H2,(H,23,24). The van der Waals surface area contributed by atoms with Crippen molar-refractivity contribution in [1.29, 1.82) is 0 Å². The van der Waals surface area contributed by atoms with E-state index in [4.69, 9.17) is 4.74 Å². The minimum Gasteiger partial charge on any atom is -0.507 e. The average molecular weight is 393 g/mol. The number of ether oxygens (including phenoxy) is 1. The van der Waals surface area contributed by atoms with Gasteiger partial charge in [0, 0.05) is 43.4 Å². The molecule has 5 rings (SSSR count). The van der Waals surface area contributed by atoms with Gasteiger partial charge in [-0.05, 0) is 30.0 Å². The second-order valence-electron chi connectivity index (χ2n) is 7.52. The predicted molar refractivity (Wildman–Crippen MR) is 107 cm³/mol. The van der Waals surface area contributed by atoms with Gasteiger partial charge in [0.05, 0.1) is 19.0 Å². The molecule has 0 spiro atoms. The molecule has 2 aliphatic heterocycles. The summed E-state index contributed by atoms with van der Waals surface area (Å²) in [6.45, 7) is 3.64. The average Bonchev–Trinajstić information content (AvgIpc) is 3.39. The van der Waals surface area contributed by atoms with Crippen molar-refractivity contribution >= 4 is 5.95 Å². The van der Waals surface area contributed by atoms with Gasteiger partial charge in [0.25, 0.3) is 0 Å². The summed E-state index contributed by atoms with van der Waals surface area (Å²) < 4.78 is 5.41. The minimum atomic E-state index is 0.137. The summed E-state index contributed by atoms with van der Waals surface area (Å²) in [5, 5.41) is 29.2. The van der Waals surface area contributed by atoms with E-state index in [-0.39, 0.29) is 12.0 Å². The van der Waals surface area contributed by atoms with Crippen molar-refractivity contribution in [3.05, 3.63) is 36.8 Å². The van der Waals surface area contributed by atoms with Crippen LogP contribution >= 0.6 is 0 Å². The van der Waals surface area contributed by atoms with Gasteiger partial charge in [0.15, 0.2) is 0 Å². The van der Waals surface area contributed by atoms with Crippen LogP contribution in [0.2, 0.25) is 0 Å². The fourth-order valence-corrected chi connectivity index (χ4v) is 3.75. The minimum absolute atomic E-state index is 0.137. The molecule has 0 radical (unpaired) electrons. The van der Waals surface area contributed by atoms with Crippen LogP contribution < -0.4 is 10.2 Å². The highest BCUT2D eigenvalue weighted by molar-refractivity contribution is 5.73. The monoisotopic (exact) mass is 393 g/mol. The zero-order chi connectivity index (χ0) is 19.6. The van der Waals surface area contributed by atoms with Crippen LogP contribution in [0.5, 0.6) is 5.75 Å². The summed E-state index contributed by atoms with van der Waals surface area (Å²) in [4.78, 5) is 6.65. The number of aromatic amines is 1. The van der Waals surface area contributed by atoms with Gasteiger partial charge in [0.2, 0.25) is 5.95 Å². The maximum atomic E-state index is 10.4. The molecule has 2 aromatic heterocycles. The topological polar surface area (TPSA) is 112 Å². The van der Waals surface area contributed by atoms with Crippen LogP contribution in [0.1, 0.15) is 12.8 Å². The lowest BCUT2D eigenvalue weighted by Crippen LogP contribution is -2.43. The highest BCUT2D eigenvalue weighted by atomic mass is 16.5. The Morgan fingerprint density at radius 3 is 2.83 bits per heavy atom. The van der Waals surface area contributed by atoms with E-state index >= 15 is 0 Å². The van der Waals surface area contributed by atoms with E-state index < -0.39 is 0 Å². The normalized spacial score (nSPS) is 21.3. The second kappa shape index (κ2) is 7.76. The zero-order valence-electron chi connectivity index (χ0n) is 16.0. The first kappa shape index (κ1) is 18.0. The fraction of sp³-hybridized carbons (Fsp3) is 0.400. The first-order valence-electron chi connectivity index (χ1n) is 9.88. The summed E-state index contributed by atoms with van der Waals surface area (Å²) in [5.41, 5.74) is 2.94. The van der Waals surface area contributed by atoms with Crippen LogP contribution in [0.25, 0.3) is 22.4 Å². The molecule has 29 heavy (non-hydrogen) atoms. The molecule has 2 atom stereocenters. The van der Waals surface area contributed by atoms with Gasteiger partial charge in [-0.25, -0.2) is 4.98 Å². The van der Waals surface area contributed by atoms with E-state index in [2.05, 4.69) is 35.6 Å². The summed E-state index contributed by atoms with van der Waals surface area (Å²) in [6, 6.07) is 5.43. The van der Waals surface area contributed by atoms with Gasteiger partial charge in [-0.1, -0.05) is 6.07 Å². The van der Waals surface area contributed by atoms with E-state index in [1.54, 1.807) is 24.7 Å². The van der Waals surface area contributed by atoms with Gasteiger partial charge in [-0.3, -0.25) is 10.4 Å². The fourth-order valence-electron chi connectivity index (χ4n) is 3.75. The third-order valence-electron chi connectivity index (χ3n) is 5.56. The third kappa shape index (κ3) is 3.79. The van der Waals surface area contributed by atoms with E-state index in [0.717, 1.165) is 50.2 Å². The highest BCUT2D eigenvalue weighted by Gasteiger charge is 2.26. The van der Waals surface area contributed by atoms with Crippen molar-refractivity contribution in [1.82, 2.24) is 30.7 Å². The van der Waals surface area contributed by atoms with Gasteiger partial charge < -0.3 is 14.7 Å². The van der Waals surface area contributed by atoms with E-state index in [1.165, 1.54) is 0 Å². The van der Waals surface area contributed by atoms with Gasteiger partial charge in [0.1, 0.15) is 17.7 Å². The molecule has 9 heteroatoms. The predicted octanol–water partition coefficient (Wildman–Crippen LogP) is 1.80. The van der Waals surface area contributed by atoms with Gasteiger partial charge >= 0.3 is 0 Å². The van der Waals surface area contributed by atoms with Crippen LogP contribution in [0.3, 0.4) is 0 Å². The van der Waals surface area contributed by atoms with Crippen LogP contribution in [0, 0.1) is 5.92 Å². The van der Waals surface area contributed by atoms with Gasteiger partial charge in [-0.15, -0.1) is 10.2 Å². The number of aromatic nitrogens is 5. The Labute approximate surface area is 168 Å². The number of nitrogens with one attached hydrogen (secondary N) is 2. The number of phenols is 1. The molecule has 2 aliphatic rings. The Balaban J connectivity index is 1.24. The SMILES string of the molecule is Oc1cc(-c2cn[nH]c2)ccc1-c1cnc(N2CCC(CNC3CCO3)C2)nn1. The third-order valence-corrected chi connectivity index (χ3v) is 5.56. The lowest BCUT2D eigenvalue weighted by molar-refractivity contribution is -0.0718. The van der Waals surface area contributed by atoms with Crippen LogP contribution in [-0.4, -0.2) is 63.0 Å². The summed E-state index contributed by atoms with van der Waals surface area (Å²) in [6.07, 6.45) is 7.59. The Hall–Kier alpha value is -3.04. The van der Waals surface area contributed by atoms with Gasteiger partial charge in [-0.2, -0.15) is 5.10 Å². The van der Waals surface area contributed by atoms with Crippen molar-refractivity contribution in [2.45, 2.75) is 19.1 Å². The largest absolute Gasteiger partial charge is 0.507 e. The zero-order valence-corrected chi connectivity index (χ0v) is 16.0. The van der Waals surface area contributed by atoms with E-state index in [1.807, 2.05) is 12.1 Å². The van der Waals surface area contributed by atoms with Crippen LogP contribution in [-0.2, 0) is 4.74 Å². The summed E-state index contributed by atoms with van der Waals surface area (Å²) in [5.74, 6) is 1.32. The number of hydrogen-bond donors (Lipinski definition) is 3. The van der Waals surface area contributed by atoms with Crippen molar-refractivity contribution in [2.24, 2.45) is 5.92 Å². The van der Waals surface area contributed by atoms with Crippen LogP contribution in [0.4, 0.5) is 5.95 Å². The molecule has 4 heterocycles. The smallest absolute Gasteiger partial charge is 0.245 e. The molecular weight excluding hydrogens is 370 g/mol. The Bertz CT molecular complexity index is 957. The number of nitrogens with zero attached hydrogens (tertiary/aromatic N) is 5. The van der Waals surface area contributed by atoms with E-state index in [9.17, 15) is 5.11 Å². The molecule has 3 aromatic rings. The molecule has 9 nitrogen and oxygen atoms in total. The maximum absolute atomic E-state index is 10.4. The first-order valence-corrected chi connectivity index (χ1v) is 9.88. The lowest BCUT2D eigenvalue weighted by Gasteiger charge is -2.28. The molecule has 1 aromatic carbocycles.